The molecule has 0 fully saturated rings. The molecule has 0 aliphatic rings. The Balaban J connectivity index is 2.23. The number of aromatic nitrogens is 1. The van der Waals surface area contributed by atoms with Gasteiger partial charge in [-0.15, -0.1) is 11.3 Å². The van der Waals surface area contributed by atoms with Crippen molar-refractivity contribution in [2.75, 3.05) is 0 Å². The molecule has 0 aliphatic heterocycles. The molecular formula is C14H17BrN2S. The van der Waals surface area contributed by atoms with Gasteiger partial charge >= 0.3 is 0 Å². The highest BCUT2D eigenvalue weighted by Crippen LogP contribution is 2.29. The van der Waals surface area contributed by atoms with E-state index in [-0.39, 0.29) is 0 Å². The lowest BCUT2D eigenvalue weighted by Crippen LogP contribution is -2.21. The fraction of sp³-hybridized carbons (Fsp3) is 0.357. The Morgan fingerprint density at radius 2 is 2.17 bits per heavy atom. The molecule has 2 aromatic rings. The summed E-state index contributed by atoms with van der Waals surface area (Å²) in [6, 6.07) is 8.79. The first kappa shape index (κ1) is 13.7. The zero-order valence-corrected chi connectivity index (χ0v) is 13.2. The van der Waals surface area contributed by atoms with Gasteiger partial charge in [0.15, 0.2) is 0 Å². The van der Waals surface area contributed by atoms with Crippen molar-refractivity contribution in [1.82, 2.24) is 10.3 Å². The predicted octanol–water partition coefficient (Wildman–Crippen LogP) is 4.38. The van der Waals surface area contributed by atoms with Gasteiger partial charge in [0.25, 0.3) is 0 Å². The average Bonchev–Trinajstić information content (AvgIpc) is 2.68. The van der Waals surface area contributed by atoms with Gasteiger partial charge in [-0.2, -0.15) is 0 Å². The molecule has 4 heteroatoms. The first-order chi connectivity index (χ1) is 8.56. The van der Waals surface area contributed by atoms with Gasteiger partial charge in [0.1, 0.15) is 5.01 Å². The molecule has 0 atom stereocenters. The van der Waals surface area contributed by atoms with Gasteiger partial charge in [-0.05, 0) is 19.1 Å². The second-order valence-electron chi connectivity index (χ2n) is 4.57. The maximum Gasteiger partial charge on any atom is 0.123 e. The van der Waals surface area contributed by atoms with Crippen LogP contribution in [-0.2, 0) is 6.54 Å². The summed E-state index contributed by atoms with van der Waals surface area (Å²) in [4.78, 5) is 5.98. The Hall–Kier alpha value is -0.710. The molecule has 1 heterocycles. The van der Waals surface area contributed by atoms with Crippen LogP contribution in [-0.4, -0.2) is 11.0 Å². The van der Waals surface area contributed by atoms with Crippen LogP contribution >= 0.6 is 27.3 Å². The summed E-state index contributed by atoms with van der Waals surface area (Å²) in [6.45, 7) is 7.29. The van der Waals surface area contributed by atoms with Crippen LogP contribution in [0.2, 0.25) is 0 Å². The molecule has 0 saturated heterocycles. The summed E-state index contributed by atoms with van der Waals surface area (Å²) >= 11 is 5.27. The van der Waals surface area contributed by atoms with E-state index in [0.717, 1.165) is 21.7 Å². The Kier molecular flexibility index (Phi) is 4.54. The van der Waals surface area contributed by atoms with E-state index < -0.39 is 0 Å². The van der Waals surface area contributed by atoms with Crippen molar-refractivity contribution in [1.29, 1.82) is 0 Å². The van der Waals surface area contributed by atoms with Crippen LogP contribution in [0.25, 0.3) is 10.6 Å². The highest BCUT2D eigenvalue weighted by Gasteiger charge is 2.09. The minimum Gasteiger partial charge on any atom is -0.310 e. The third-order valence-corrected chi connectivity index (χ3v) is 4.33. The number of hydrogen-bond acceptors (Lipinski definition) is 3. The Bertz CT molecular complexity index is 534. The topological polar surface area (TPSA) is 24.9 Å². The van der Waals surface area contributed by atoms with Crippen molar-refractivity contribution in [2.24, 2.45) is 0 Å². The average molecular weight is 325 g/mol. The van der Waals surface area contributed by atoms with Gasteiger partial charge in [0, 0.05) is 27.5 Å². The van der Waals surface area contributed by atoms with Crippen LogP contribution in [0.3, 0.4) is 0 Å². The monoisotopic (exact) mass is 324 g/mol. The van der Waals surface area contributed by atoms with Gasteiger partial charge < -0.3 is 5.32 Å². The summed E-state index contributed by atoms with van der Waals surface area (Å²) < 4.78 is 1.09. The van der Waals surface area contributed by atoms with E-state index in [4.69, 9.17) is 0 Å². The number of halogens is 1. The van der Waals surface area contributed by atoms with Gasteiger partial charge in [0.2, 0.25) is 0 Å². The van der Waals surface area contributed by atoms with Crippen LogP contribution in [0, 0.1) is 6.92 Å². The zero-order valence-electron chi connectivity index (χ0n) is 10.8. The van der Waals surface area contributed by atoms with Crippen molar-refractivity contribution in [2.45, 2.75) is 33.4 Å². The third kappa shape index (κ3) is 3.40. The molecular weight excluding hydrogens is 308 g/mol. The Morgan fingerprint density at radius 1 is 1.39 bits per heavy atom. The van der Waals surface area contributed by atoms with E-state index >= 15 is 0 Å². The van der Waals surface area contributed by atoms with Gasteiger partial charge in [-0.3, -0.25) is 0 Å². The molecule has 0 unspecified atom stereocenters. The van der Waals surface area contributed by atoms with Crippen molar-refractivity contribution in [3.05, 3.63) is 39.3 Å². The molecule has 0 radical (unpaired) electrons. The fourth-order valence-corrected chi connectivity index (χ4v) is 3.04. The molecule has 0 saturated carbocycles. The van der Waals surface area contributed by atoms with E-state index in [9.17, 15) is 0 Å². The highest BCUT2D eigenvalue weighted by molar-refractivity contribution is 9.10. The van der Waals surface area contributed by atoms with E-state index in [1.54, 1.807) is 11.3 Å². The molecule has 18 heavy (non-hydrogen) atoms. The first-order valence-corrected chi connectivity index (χ1v) is 7.63. The molecule has 0 bridgehead atoms. The summed E-state index contributed by atoms with van der Waals surface area (Å²) in [7, 11) is 0. The molecule has 0 aliphatic carbocycles. The number of benzene rings is 1. The third-order valence-electron chi connectivity index (χ3n) is 2.64. The number of nitrogens with zero attached hydrogens (tertiary/aromatic N) is 1. The second-order valence-corrected chi connectivity index (χ2v) is 6.57. The quantitative estimate of drug-likeness (QED) is 0.902. The summed E-state index contributed by atoms with van der Waals surface area (Å²) in [5, 5.41) is 4.53. The zero-order chi connectivity index (χ0) is 13.1. The predicted molar refractivity (Wildman–Crippen MR) is 82.0 cm³/mol. The number of rotatable bonds is 4. The number of aryl methyl sites for hydroxylation is 1. The van der Waals surface area contributed by atoms with E-state index in [1.807, 2.05) is 12.1 Å². The number of nitrogens with one attached hydrogen (secondary N) is 1. The molecule has 0 spiro atoms. The highest BCUT2D eigenvalue weighted by atomic mass is 79.9. The number of thiazole rings is 1. The van der Waals surface area contributed by atoms with Crippen LogP contribution in [0.5, 0.6) is 0 Å². The van der Waals surface area contributed by atoms with Crippen molar-refractivity contribution in [3.63, 3.8) is 0 Å². The minimum atomic E-state index is 0.501. The summed E-state index contributed by atoms with van der Waals surface area (Å²) in [5.41, 5.74) is 2.30. The van der Waals surface area contributed by atoms with Crippen LogP contribution in [0.4, 0.5) is 0 Å². The van der Waals surface area contributed by atoms with Crippen molar-refractivity contribution >= 4 is 27.3 Å². The number of hydrogen-bond donors (Lipinski definition) is 1. The molecule has 1 N–H and O–H groups in total. The molecule has 96 valence electrons. The molecule has 1 aromatic carbocycles. The van der Waals surface area contributed by atoms with E-state index in [2.05, 4.69) is 59.1 Å². The standard InChI is InChI=1S/C14H17BrN2S/c1-9(2)16-8-13-10(3)17-14(18-13)11-5-4-6-12(15)7-11/h4-7,9,16H,8H2,1-3H3. The van der Waals surface area contributed by atoms with E-state index in [1.165, 1.54) is 10.4 Å². The largest absolute Gasteiger partial charge is 0.310 e. The SMILES string of the molecule is Cc1nc(-c2cccc(Br)c2)sc1CNC(C)C. The summed E-state index contributed by atoms with van der Waals surface area (Å²) in [5.74, 6) is 0. The van der Waals surface area contributed by atoms with Crippen LogP contribution < -0.4 is 5.32 Å². The molecule has 2 nitrogen and oxygen atoms in total. The first-order valence-electron chi connectivity index (χ1n) is 6.02. The lowest BCUT2D eigenvalue weighted by molar-refractivity contribution is 0.591. The lowest BCUT2D eigenvalue weighted by Gasteiger charge is -2.05. The van der Waals surface area contributed by atoms with E-state index in [0.29, 0.717) is 6.04 Å². The maximum absolute atomic E-state index is 4.66. The molecule has 1 aromatic heterocycles. The molecule has 2 rings (SSSR count). The van der Waals surface area contributed by atoms with Gasteiger partial charge in [-0.25, -0.2) is 4.98 Å². The van der Waals surface area contributed by atoms with Gasteiger partial charge in [0.05, 0.1) is 5.69 Å². The Labute approximate surface area is 121 Å². The maximum atomic E-state index is 4.66. The Morgan fingerprint density at radius 3 is 2.83 bits per heavy atom. The smallest absolute Gasteiger partial charge is 0.123 e. The van der Waals surface area contributed by atoms with Crippen molar-refractivity contribution in [3.8, 4) is 10.6 Å². The van der Waals surface area contributed by atoms with Gasteiger partial charge in [-0.1, -0.05) is 41.9 Å². The fourth-order valence-electron chi connectivity index (χ4n) is 1.63. The van der Waals surface area contributed by atoms with Crippen LogP contribution in [0.1, 0.15) is 24.4 Å². The molecule has 0 amide bonds. The minimum absolute atomic E-state index is 0.501. The normalized spacial score (nSPS) is 11.2. The second kappa shape index (κ2) is 5.95. The summed E-state index contributed by atoms with van der Waals surface area (Å²) in [6.07, 6.45) is 0. The van der Waals surface area contributed by atoms with Crippen molar-refractivity contribution < 1.29 is 0 Å². The lowest BCUT2D eigenvalue weighted by atomic mass is 10.2. The van der Waals surface area contributed by atoms with Crippen LogP contribution in [0.15, 0.2) is 28.7 Å².